The van der Waals surface area contributed by atoms with E-state index in [1.165, 1.54) is 0 Å². The molecule has 0 spiro atoms. The second kappa shape index (κ2) is 9.51. The van der Waals surface area contributed by atoms with Gasteiger partial charge in [0.05, 0.1) is 13.2 Å². The third-order valence-electron chi connectivity index (χ3n) is 2.37. The lowest BCUT2D eigenvalue weighted by Crippen LogP contribution is -2.06. The van der Waals surface area contributed by atoms with E-state index in [1.54, 1.807) is 6.92 Å². The molecule has 0 fully saturated rings. The normalized spacial score (nSPS) is 9.67. The second-order valence-corrected chi connectivity index (χ2v) is 4.38. The van der Waals surface area contributed by atoms with Gasteiger partial charge in [-0.2, -0.15) is 0 Å². The molecule has 0 amide bonds. The summed E-state index contributed by atoms with van der Waals surface area (Å²) in [6.07, 6.45) is 3.92. The van der Waals surface area contributed by atoms with Crippen molar-refractivity contribution in [3.05, 3.63) is 36.6 Å². The van der Waals surface area contributed by atoms with Crippen molar-refractivity contribution in [3.8, 4) is 0 Å². The van der Waals surface area contributed by atoms with Crippen LogP contribution in [0.25, 0.3) is 0 Å². The van der Waals surface area contributed by atoms with Crippen LogP contribution < -0.4 is 0 Å². The molecule has 0 N–H and O–H groups in total. The molecule has 0 saturated heterocycles. The Morgan fingerprint density at radius 1 is 0.833 bits per heavy atom. The molecule has 0 heterocycles. The SMILES string of the molecule is C=C(C)C(=C)OCCCCCCOC(=O)C(=C)C. The zero-order chi connectivity index (χ0) is 14.0. The van der Waals surface area contributed by atoms with E-state index in [1.807, 2.05) is 6.92 Å². The van der Waals surface area contributed by atoms with Gasteiger partial charge in [-0.05, 0) is 45.1 Å². The van der Waals surface area contributed by atoms with Gasteiger partial charge in [-0.25, -0.2) is 4.79 Å². The average molecular weight is 252 g/mol. The number of allylic oxidation sites excluding steroid dienone is 1. The van der Waals surface area contributed by atoms with Crippen molar-refractivity contribution in [1.82, 2.24) is 0 Å². The predicted octanol–water partition coefficient (Wildman–Crippen LogP) is 3.77. The Bertz CT molecular complexity index is 284. The van der Waals surface area contributed by atoms with Gasteiger partial charge in [0.25, 0.3) is 0 Å². The molecule has 0 rings (SSSR count). The van der Waals surface area contributed by atoms with Gasteiger partial charge in [-0.3, -0.25) is 0 Å². The molecule has 0 aromatic carbocycles. The summed E-state index contributed by atoms with van der Waals surface area (Å²) < 4.78 is 10.4. The Morgan fingerprint density at radius 2 is 1.33 bits per heavy atom. The van der Waals surface area contributed by atoms with Gasteiger partial charge in [-0.1, -0.05) is 19.7 Å². The van der Waals surface area contributed by atoms with Crippen LogP contribution in [0.5, 0.6) is 0 Å². The Labute approximate surface area is 110 Å². The van der Waals surface area contributed by atoms with E-state index in [-0.39, 0.29) is 5.97 Å². The lowest BCUT2D eigenvalue weighted by atomic mass is 10.2. The van der Waals surface area contributed by atoms with E-state index in [0.717, 1.165) is 31.3 Å². The third kappa shape index (κ3) is 8.62. The largest absolute Gasteiger partial charge is 0.494 e. The van der Waals surface area contributed by atoms with Gasteiger partial charge in [0.1, 0.15) is 5.76 Å². The minimum absolute atomic E-state index is 0.309. The summed E-state index contributed by atoms with van der Waals surface area (Å²) in [4.78, 5) is 11.1. The predicted molar refractivity (Wildman–Crippen MR) is 74.1 cm³/mol. The van der Waals surface area contributed by atoms with Crippen molar-refractivity contribution in [2.75, 3.05) is 13.2 Å². The summed E-state index contributed by atoms with van der Waals surface area (Å²) in [5.41, 5.74) is 1.31. The van der Waals surface area contributed by atoms with E-state index in [4.69, 9.17) is 9.47 Å². The summed E-state index contributed by atoms with van der Waals surface area (Å²) in [6.45, 7) is 15.7. The van der Waals surface area contributed by atoms with Gasteiger partial charge >= 0.3 is 5.97 Å². The van der Waals surface area contributed by atoms with Gasteiger partial charge in [0.2, 0.25) is 0 Å². The van der Waals surface area contributed by atoms with Crippen LogP contribution in [-0.2, 0) is 14.3 Å². The van der Waals surface area contributed by atoms with Gasteiger partial charge in [0, 0.05) is 5.57 Å². The topological polar surface area (TPSA) is 35.5 Å². The fourth-order valence-corrected chi connectivity index (χ4v) is 1.16. The smallest absolute Gasteiger partial charge is 0.333 e. The zero-order valence-electron chi connectivity index (χ0n) is 11.6. The number of hydrogen-bond donors (Lipinski definition) is 0. The maximum absolute atomic E-state index is 11.1. The highest BCUT2D eigenvalue weighted by atomic mass is 16.5. The molecule has 102 valence electrons. The van der Waals surface area contributed by atoms with Crippen LogP contribution in [0.2, 0.25) is 0 Å². The van der Waals surface area contributed by atoms with E-state index >= 15 is 0 Å². The number of rotatable bonds is 10. The number of ether oxygens (including phenoxy) is 2. The zero-order valence-corrected chi connectivity index (χ0v) is 11.6. The van der Waals surface area contributed by atoms with E-state index in [2.05, 4.69) is 19.7 Å². The number of hydrogen-bond acceptors (Lipinski definition) is 3. The second-order valence-electron chi connectivity index (χ2n) is 4.38. The van der Waals surface area contributed by atoms with Crippen LogP contribution in [0.15, 0.2) is 36.6 Å². The summed E-state index contributed by atoms with van der Waals surface area (Å²) in [7, 11) is 0. The molecular weight excluding hydrogens is 228 g/mol. The molecule has 0 aliphatic carbocycles. The van der Waals surface area contributed by atoms with Crippen molar-refractivity contribution < 1.29 is 14.3 Å². The van der Waals surface area contributed by atoms with Gasteiger partial charge in [-0.15, -0.1) is 0 Å². The van der Waals surface area contributed by atoms with Crippen molar-refractivity contribution in [3.63, 3.8) is 0 Å². The Morgan fingerprint density at radius 3 is 1.78 bits per heavy atom. The average Bonchev–Trinajstić information content (AvgIpc) is 2.31. The minimum atomic E-state index is -0.309. The van der Waals surface area contributed by atoms with E-state index in [0.29, 0.717) is 24.5 Å². The van der Waals surface area contributed by atoms with E-state index in [9.17, 15) is 4.79 Å². The highest BCUT2D eigenvalue weighted by molar-refractivity contribution is 5.86. The van der Waals surface area contributed by atoms with Crippen molar-refractivity contribution >= 4 is 5.97 Å². The maximum Gasteiger partial charge on any atom is 0.333 e. The first-order chi connectivity index (χ1) is 8.45. The van der Waals surface area contributed by atoms with Gasteiger partial charge in [0.15, 0.2) is 0 Å². The highest BCUT2D eigenvalue weighted by Crippen LogP contribution is 2.08. The third-order valence-corrected chi connectivity index (χ3v) is 2.37. The maximum atomic E-state index is 11.1. The lowest BCUT2D eigenvalue weighted by Gasteiger charge is -2.08. The van der Waals surface area contributed by atoms with Crippen LogP contribution in [-0.4, -0.2) is 19.2 Å². The molecule has 0 aliphatic rings. The molecule has 3 heteroatoms. The molecule has 0 aromatic rings. The van der Waals surface area contributed by atoms with Crippen molar-refractivity contribution in [2.24, 2.45) is 0 Å². The highest BCUT2D eigenvalue weighted by Gasteiger charge is 2.01. The van der Waals surface area contributed by atoms with Crippen LogP contribution in [0, 0.1) is 0 Å². The lowest BCUT2D eigenvalue weighted by molar-refractivity contribution is -0.139. The van der Waals surface area contributed by atoms with Crippen LogP contribution in [0.4, 0.5) is 0 Å². The molecular formula is C15H24O3. The van der Waals surface area contributed by atoms with Crippen molar-refractivity contribution in [1.29, 1.82) is 0 Å². The molecule has 0 bridgehead atoms. The molecule has 0 aromatic heterocycles. The Hall–Kier alpha value is -1.51. The molecule has 0 radical (unpaired) electrons. The van der Waals surface area contributed by atoms with Crippen molar-refractivity contribution in [2.45, 2.75) is 39.5 Å². The first-order valence-corrected chi connectivity index (χ1v) is 6.25. The monoisotopic (exact) mass is 252 g/mol. The standard InChI is InChI=1S/C15H24O3/c1-12(2)14(5)17-10-8-6-7-9-11-18-15(16)13(3)4/h1,3,5-11H2,2,4H3. The number of carbonyl (C=O) groups excluding carboxylic acids is 1. The van der Waals surface area contributed by atoms with E-state index < -0.39 is 0 Å². The first kappa shape index (κ1) is 16.5. The fourth-order valence-electron chi connectivity index (χ4n) is 1.16. The molecule has 0 aliphatic heterocycles. The Balaban J connectivity index is 3.32. The summed E-state index contributed by atoms with van der Waals surface area (Å²) in [5, 5.41) is 0. The number of carbonyl (C=O) groups is 1. The Kier molecular flexibility index (Phi) is 8.71. The van der Waals surface area contributed by atoms with Crippen LogP contribution in [0.3, 0.4) is 0 Å². The molecule has 3 nitrogen and oxygen atoms in total. The summed E-state index contributed by atoms with van der Waals surface area (Å²) >= 11 is 0. The number of esters is 1. The van der Waals surface area contributed by atoms with Crippen LogP contribution >= 0.6 is 0 Å². The quantitative estimate of drug-likeness (QED) is 0.195. The molecule has 0 saturated carbocycles. The summed E-state index contributed by atoms with van der Waals surface area (Å²) in [5.74, 6) is 0.349. The number of unbranched alkanes of at least 4 members (excludes halogenated alkanes) is 3. The summed E-state index contributed by atoms with van der Waals surface area (Å²) in [6, 6.07) is 0. The molecule has 18 heavy (non-hydrogen) atoms. The first-order valence-electron chi connectivity index (χ1n) is 6.25. The minimum Gasteiger partial charge on any atom is -0.494 e. The van der Waals surface area contributed by atoms with Crippen LogP contribution in [0.1, 0.15) is 39.5 Å². The molecule has 0 unspecified atom stereocenters. The van der Waals surface area contributed by atoms with Gasteiger partial charge < -0.3 is 9.47 Å². The molecule has 0 atom stereocenters. The fraction of sp³-hybridized carbons (Fsp3) is 0.533.